The van der Waals surface area contributed by atoms with Gasteiger partial charge in [-0.2, -0.15) is 0 Å². The SMILES string of the molecule is CCc1ccc(C(O)c2ccccc2)c(C(O)c2ccccc2)c1. The lowest BCUT2D eigenvalue weighted by Gasteiger charge is -2.21. The summed E-state index contributed by atoms with van der Waals surface area (Å²) in [6, 6.07) is 25.1. The fraction of sp³-hybridized carbons (Fsp3) is 0.182. The standard InChI is InChI=1S/C22H22O2/c1-2-16-13-14-19(21(23)17-9-5-3-6-10-17)20(15-16)22(24)18-11-7-4-8-12-18/h3-15,21-24H,2H2,1H3. The van der Waals surface area contributed by atoms with Crippen LogP contribution in [0, 0.1) is 0 Å². The zero-order valence-electron chi connectivity index (χ0n) is 13.8. The Balaban J connectivity index is 2.06. The van der Waals surface area contributed by atoms with Gasteiger partial charge < -0.3 is 10.2 Å². The Labute approximate surface area is 143 Å². The van der Waals surface area contributed by atoms with Gasteiger partial charge in [0.25, 0.3) is 0 Å². The van der Waals surface area contributed by atoms with E-state index >= 15 is 0 Å². The Bertz CT molecular complexity index is 782. The summed E-state index contributed by atoms with van der Waals surface area (Å²) in [5.74, 6) is 0. The first-order chi connectivity index (χ1) is 11.7. The molecule has 2 atom stereocenters. The van der Waals surface area contributed by atoms with Crippen molar-refractivity contribution in [3.8, 4) is 0 Å². The second kappa shape index (κ2) is 7.43. The maximum atomic E-state index is 10.9. The lowest BCUT2D eigenvalue weighted by Crippen LogP contribution is -2.09. The average molecular weight is 318 g/mol. The molecule has 0 fully saturated rings. The third kappa shape index (κ3) is 3.40. The maximum Gasteiger partial charge on any atom is 0.104 e. The molecular weight excluding hydrogens is 296 g/mol. The van der Waals surface area contributed by atoms with Gasteiger partial charge >= 0.3 is 0 Å². The van der Waals surface area contributed by atoms with Crippen LogP contribution >= 0.6 is 0 Å². The van der Waals surface area contributed by atoms with Gasteiger partial charge in [0.2, 0.25) is 0 Å². The fourth-order valence-electron chi connectivity index (χ4n) is 2.96. The van der Waals surface area contributed by atoms with E-state index in [2.05, 4.69) is 6.92 Å². The molecule has 0 bridgehead atoms. The Morgan fingerprint density at radius 2 is 1.17 bits per heavy atom. The summed E-state index contributed by atoms with van der Waals surface area (Å²) >= 11 is 0. The van der Waals surface area contributed by atoms with Crippen LogP contribution in [0.1, 0.15) is 46.9 Å². The van der Waals surface area contributed by atoms with Crippen LogP contribution in [0.25, 0.3) is 0 Å². The van der Waals surface area contributed by atoms with Gasteiger partial charge in [-0.05, 0) is 34.2 Å². The molecule has 0 aliphatic rings. The molecule has 3 rings (SSSR count). The van der Waals surface area contributed by atoms with Gasteiger partial charge in [0.1, 0.15) is 12.2 Å². The molecule has 3 aromatic carbocycles. The van der Waals surface area contributed by atoms with Crippen molar-refractivity contribution in [2.24, 2.45) is 0 Å². The zero-order chi connectivity index (χ0) is 16.9. The van der Waals surface area contributed by atoms with Crippen molar-refractivity contribution in [2.75, 3.05) is 0 Å². The average Bonchev–Trinajstić information content (AvgIpc) is 2.67. The molecule has 2 unspecified atom stereocenters. The first-order valence-corrected chi connectivity index (χ1v) is 8.29. The van der Waals surface area contributed by atoms with Crippen LogP contribution in [0.4, 0.5) is 0 Å². The quantitative estimate of drug-likeness (QED) is 0.731. The third-order valence-corrected chi connectivity index (χ3v) is 4.38. The van der Waals surface area contributed by atoms with Crippen molar-refractivity contribution in [3.05, 3.63) is 107 Å². The molecule has 0 spiro atoms. The van der Waals surface area contributed by atoms with Crippen molar-refractivity contribution in [1.82, 2.24) is 0 Å². The molecule has 0 saturated carbocycles. The van der Waals surface area contributed by atoms with Gasteiger partial charge in [0.05, 0.1) is 0 Å². The zero-order valence-corrected chi connectivity index (χ0v) is 13.8. The summed E-state index contributed by atoms with van der Waals surface area (Å²) < 4.78 is 0. The summed E-state index contributed by atoms with van der Waals surface area (Å²) in [4.78, 5) is 0. The molecule has 0 radical (unpaired) electrons. The molecule has 3 aromatic rings. The fourth-order valence-corrected chi connectivity index (χ4v) is 2.96. The monoisotopic (exact) mass is 318 g/mol. The molecular formula is C22H22O2. The van der Waals surface area contributed by atoms with Gasteiger partial charge in [-0.15, -0.1) is 0 Å². The first kappa shape index (κ1) is 16.4. The molecule has 0 aromatic heterocycles. The van der Waals surface area contributed by atoms with E-state index in [1.54, 1.807) is 0 Å². The van der Waals surface area contributed by atoms with Crippen LogP contribution in [-0.4, -0.2) is 10.2 Å². The van der Waals surface area contributed by atoms with Crippen LogP contribution in [0.2, 0.25) is 0 Å². The van der Waals surface area contributed by atoms with E-state index in [0.29, 0.717) is 0 Å². The molecule has 0 amide bonds. The molecule has 2 nitrogen and oxygen atoms in total. The lowest BCUT2D eigenvalue weighted by molar-refractivity contribution is 0.197. The Morgan fingerprint density at radius 1 is 0.667 bits per heavy atom. The molecule has 0 saturated heterocycles. The highest BCUT2D eigenvalue weighted by Gasteiger charge is 2.20. The lowest BCUT2D eigenvalue weighted by atomic mass is 9.89. The highest BCUT2D eigenvalue weighted by atomic mass is 16.3. The third-order valence-electron chi connectivity index (χ3n) is 4.38. The number of hydrogen-bond donors (Lipinski definition) is 2. The second-order valence-corrected chi connectivity index (χ2v) is 5.94. The summed E-state index contributed by atoms with van der Waals surface area (Å²) in [5, 5.41) is 21.7. The maximum absolute atomic E-state index is 10.9. The summed E-state index contributed by atoms with van der Waals surface area (Å²) in [6.45, 7) is 2.08. The number of rotatable bonds is 5. The minimum absolute atomic E-state index is 0.745. The van der Waals surface area contributed by atoms with E-state index in [-0.39, 0.29) is 0 Å². The van der Waals surface area contributed by atoms with Crippen LogP contribution in [0.15, 0.2) is 78.9 Å². The molecule has 0 heterocycles. The largest absolute Gasteiger partial charge is 0.384 e. The van der Waals surface area contributed by atoms with Crippen molar-refractivity contribution < 1.29 is 10.2 Å². The van der Waals surface area contributed by atoms with Gasteiger partial charge in [0, 0.05) is 0 Å². The van der Waals surface area contributed by atoms with E-state index in [1.165, 1.54) is 0 Å². The molecule has 2 heteroatoms. The molecule has 122 valence electrons. The highest BCUT2D eigenvalue weighted by Crippen LogP contribution is 2.32. The smallest absolute Gasteiger partial charge is 0.104 e. The number of aryl methyl sites for hydroxylation is 1. The van der Waals surface area contributed by atoms with E-state index in [1.807, 2.05) is 78.9 Å². The van der Waals surface area contributed by atoms with Gasteiger partial charge in [-0.3, -0.25) is 0 Å². The van der Waals surface area contributed by atoms with Gasteiger partial charge in [0.15, 0.2) is 0 Å². The predicted octanol–water partition coefficient (Wildman–Crippen LogP) is 4.41. The summed E-state index contributed by atoms with van der Waals surface area (Å²) in [7, 11) is 0. The van der Waals surface area contributed by atoms with Crippen molar-refractivity contribution in [1.29, 1.82) is 0 Å². The Kier molecular flexibility index (Phi) is 5.09. The topological polar surface area (TPSA) is 40.5 Å². The Morgan fingerprint density at radius 3 is 1.67 bits per heavy atom. The Hall–Kier alpha value is -2.42. The number of benzene rings is 3. The summed E-state index contributed by atoms with van der Waals surface area (Å²) in [5.41, 5.74) is 4.30. The van der Waals surface area contributed by atoms with Crippen molar-refractivity contribution in [2.45, 2.75) is 25.6 Å². The van der Waals surface area contributed by atoms with Crippen molar-refractivity contribution in [3.63, 3.8) is 0 Å². The molecule has 0 aliphatic heterocycles. The van der Waals surface area contributed by atoms with Gasteiger partial charge in [-0.25, -0.2) is 0 Å². The van der Waals surface area contributed by atoms with Crippen molar-refractivity contribution >= 4 is 0 Å². The molecule has 2 N–H and O–H groups in total. The molecule has 0 aliphatic carbocycles. The minimum Gasteiger partial charge on any atom is -0.384 e. The van der Waals surface area contributed by atoms with E-state index in [9.17, 15) is 10.2 Å². The summed E-state index contributed by atoms with van der Waals surface area (Å²) in [6.07, 6.45) is -0.632. The number of aliphatic hydroxyl groups is 2. The first-order valence-electron chi connectivity index (χ1n) is 8.29. The molecule has 24 heavy (non-hydrogen) atoms. The minimum atomic E-state index is -0.759. The van der Waals surface area contributed by atoms with E-state index < -0.39 is 12.2 Å². The highest BCUT2D eigenvalue weighted by molar-refractivity contribution is 5.43. The van der Waals surface area contributed by atoms with Crippen LogP contribution in [-0.2, 0) is 6.42 Å². The van der Waals surface area contributed by atoms with Gasteiger partial charge in [-0.1, -0.05) is 85.8 Å². The predicted molar refractivity (Wildman–Crippen MR) is 96.8 cm³/mol. The van der Waals surface area contributed by atoms with E-state index in [4.69, 9.17) is 0 Å². The second-order valence-electron chi connectivity index (χ2n) is 5.94. The van der Waals surface area contributed by atoms with E-state index in [0.717, 1.165) is 34.2 Å². The number of hydrogen-bond acceptors (Lipinski definition) is 2. The van der Waals surface area contributed by atoms with Crippen LogP contribution < -0.4 is 0 Å². The normalized spacial score (nSPS) is 13.5. The number of aliphatic hydroxyl groups excluding tert-OH is 2. The van der Waals surface area contributed by atoms with Crippen LogP contribution in [0.5, 0.6) is 0 Å². The van der Waals surface area contributed by atoms with Crippen LogP contribution in [0.3, 0.4) is 0 Å².